The number of ether oxygens (including phenoxy) is 2. The molecule has 90 valence electrons. The van der Waals surface area contributed by atoms with Crippen LogP contribution in [-0.2, 0) is 6.61 Å². The summed E-state index contributed by atoms with van der Waals surface area (Å²) in [7, 11) is 0. The Hall–Kier alpha value is -2.04. The molecule has 1 heterocycles. The monoisotopic (exact) mass is 234 g/mol. The summed E-state index contributed by atoms with van der Waals surface area (Å²) >= 11 is 0. The molecule has 5 nitrogen and oxygen atoms in total. The second-order valence-electron chi connectivity index (χ2n) is 3.41. The Morgan fingerprint density at radius 3 is 2.24 bits per heavy atom. The molecule has 0 aliphatic rings. The van der Waals surface area contributed by atoms with Crippen molar-refractivity contribution in [1.29, 1.82) is 0 Å². The second kappa shape index (κ2) is 5.34. The van der Waals surface area contributed by atoms with Crippen LogP contribution in [0.2, 0.25) is 0 Å². The highest BCUT2D eigenvalue weighted by Crippen LogP contribution is 2.18. The number of benzene rings is 1. The van der Waals surface area contributed by atoms with E-state index in [-0.39, 0.29) is 6.61 Å². The van der Waals surface area contributed by atoms with Crippen LogP contribution < -0.4 is 9.47 Å². The molecule has 2 aromatic rings. The smallest absolute Gasteiger partial charge is 0.253 e. The topological polar surface area (TPSA) is 57.4 Å². The average molecular weight is 234 g/mol. The number of hydrogen-bond donors (Lipinski definition) is 0. The molecule has 0 saturated heterocycles. The number of aryl methyl sites for hydroxylation is 1. The van der Waals surface area contributed by atoms with Crippen molar-refractivity contribution < 1.29 is 13.9 Å². The van der Waals surface area contributed by atoms with Gasteiger partial charge in [-0.15, -0.1) is 10.2 Å². The van der Waals surface area contributed by atoms with Crippen molar-refractivity contribution in [2.75, 3.05) is 6.61 Å². The van der Waals surface area contributed by atoms with Gasteiger partial charge in [-0.1, -0.05) is 0 Å². The van der Waals surface area contributed by atoms with E-state index in [0.29, 0.717) is 18.4 Å². The summed E-state index contributed by atoms with van der Waals surface area (Å²) in [6.45, 7) is 4.62. The molecule has 0 radical (unpaired) electrons. The first kappa shape index (κ1) is 11.4. The summed E-state index contributed by atoms with van der Waals surface area (Å²) < 4.78 is 16.0. The van der Waals surface area contributed by atoms with Gasteiger partial charge in [0.1, 0.15) is 11.5 Å². The Balaban J connectivity index is 1.90. The van der Waals surface area contributed by atoms with Gasteiger partial charge in [-0.25, -0.2) is 0 Å². The van der Waals surface area contributed by atoms with Crippen LogP contribution in [0, 0.1) is 6.92 Å². The third-order valence-electron chi connectivity index (χ3n) is 2.06. The zero-order chi connectivity index (χ0) is 12.1. The van der Waals surface area contributed by atoms with Crippen molar-refractivity contribution in [1.82, 2.24) is 10.2 Å². The van der Waals surface area contributed by atoms with E-state index in [1.54, 1.807) is 6.92 Å². The summed E-state index contributed by atoms with van der Waals surface area (Å²) in [5, 5.41) is 7.56. The van der Waals surface area contributed by atoms with E-state index in [1.807, 2.05) is 31.2 Å². The van der Waals surface area contributed by atoms with Crippen molar-refractivity contribution in [2.24, 2.45) is 0 Å². The molecule has 0 spiro atoms. The van der Waals surface area contributed by atoms with E-state index < -0.39 is 0 Å². The minimum absolute atomic E-state index is 0.273. The van der Waals surface area contributed by atoms with Gasteiger partial charge in [0.25, 0.3) is 5.89 Å². The molecule has 2 rings (SSSR count). The van der Waals surface area contributed by atoms with Crippen LogP contribution in [0.15, 0.2) is 28.7 Å². The molecule has 0 unspecified atom stereocenters. The van der Waals surface area contributed by atoms with Crippen LogP contribution in [0.4, 0.5) is 0 Å². The molecule has 0 fully saturated rings. The van der Waals surface area contributed by atoms with Crippen LogP contribution in [0.3, 0.4) is 0 Å². The van der Waals surface area contributed by atoms with Gasteiger partial charge in [-0.2, -0.15) is 0 Å². The van der Waals surface area contributed by atoms with Gasteiger partial charge in [0.15, 0.2) is 6.61 Å². The van der Waals surface area contributed by atoms with E-state index in [0.717, 1.165) is 11.5 Å². The van der Waals surface area contributed by atoms with Gasteiger partial charge in [-0.05, 0) is 31.2 Å². The van der Waals surface area contributed by atoms with Crippen LogP contribution in [0.5, 0.6) is 11.5 Å². The lowest BCUT2D eigenvalue weighted by Gasteiger charge is -2.05. The highest BCUT2D eigenvalue weighted by atomic mass is 16.5. The zero-order valence-corrected chi connectivity index (χ0v) is 9.84. The first-order valence-electron chi connectivity index (χ1n) is 5.42. The maximum atomic E-state index is 5.49. The minimum Gasteiger partial charge on any atom is -0.494 e. The lowest BCUT2D eigenvalue weighted by molar-refractivity contribution is 0.260. The molecule has 0 atom stereocenters. The van der Waals surface area contributed by atoms with Gasteiger partial charge in [0.2, 0.25) is 5.89 Å². The largest absolute Gasteiger partial charge is 0.494 e. The number of hydrogen-bond acceptors (Lipinski definition) is 5. The van der Waals surface area contributed by atoms with Crippen LogP contribution >= 0.6 is 0 Å². The lowest BCUT2D eigenvalue weighted by atomic mass is 10.3. The number of nitrogens with zero attached hydrogens (tertiary/aromatic N) is 2. The Kier molecular flexibility index (Phi) is 3.59. The van der Waals surface area contributed by atoms with Crippen molar-refractivity contribution in [3.63, 3.8) is 0 Å². The third-order valence-corrected chi connectivity index (χ3v) is 2.06. The highest BCUT2D eigenvalue weighted by Gasteiger charge is 2.03. The Bertz CT molecular complexity index is 465. The third kappa shape index (κ3) is 3.21. The quantitative estimate of drug-likeness (QED) is 0.794. The fraction of sp³-hybridized carbons (Fsp3) is 0.333. The molecular formula is C12H14N2O3. The van der Waals surface area contributed by atoms with E-state index in [4.69, 9.17) is 13.9 Å². The summed E-state index contributed by atoms with van der Waals surface area (Å²) in [5.74, 6) is 2.57. The van der Waals surface area contributed by atoms with Crippen LogP contribution in [0.25, 0.3) is 0 Å². The van der Waals surface area contributed by atoms with Gasteiger partial charge in [-0.3, -0.25) is 0 Å². The van der Waals surface area contributed by atoms with E-state index >= 15 is 0 Å². The van der Waals surface area contributed by atoms with Crippen LogP contribution in [-0.4, -0.2) is 16.8 Å². The van der Waals surface area contributed by atoms with E-state index in [1.165, 1.54) is 0 Å². The Labute approximate surface area is 99.4 Å². The average Bonchev–Trinajstić information content (AvgIpc) is 2.75. The number of rotatable bonds is 5. The molecule has 0 aliphatic heterocycles. The molecule has 1 aromatic heterocycles. The van der Waals surface area contributed by atoms with E-state index in [9.17, 15) is 0 Å². The van der Waals surface area contributed by atoms with Crippen molar-refractivity contribution >= 4 is 0 Å². The fourth-order valence-electron chi connectivity index (χ4n) is 1.34. The lowest BCUT2D eigenvalue weighted by Crippen LogP contribution is -1.96. The van der Waals surface area contributed by atoms with Gasteiger partial charge in [0, 0.05) is 6.92 Å². The molecule has 5 heteroatoms. The molecule has 0 amide bonds. The minimum atomic E-state index is 0.273. The molecule has 0 aliphatic carbocycles. The highest BCUT2D eigenvalue weighted by molar-refractivity contribution is 5.31. The normalized spacial score (nSPS) is 10.2. The standard InChI is InChI=1S/C12H14N2O3/c1-3-15-10-4-6-11(7-5-10)16-8-12-14-13-9(2)17-12/h4-7H,3,8H2,1-2H3. The SMILES string of the molecule is CCOc1ccc(OCc2nnc(C)o2)cc1. The Morgan fingerprint density at radius 1 is 1.06 bits per heavy atom. The molecule has 0 bridgehead atoms. The molecule has 0 saturated carbocycles. The van der Waals surface area contributed by atoms with Crippen molar-refractivity contribution in [3.05, 3.63) is 36.0 Å². The summed E-state index contributed by atoms with van der Waals surface area (Å²) in [6, 6.07) is 7.40. The zero-order valence-electron chi connectivity index (χ0n) is 9.84. The molecule has 0 N–H and O–H groups in total. The summed E-state index contributed by atoms with van der Waals surface area (Å²) in [5.41, 5.74) is 0. The fourth-order valence-corrected chi connectivity index (χ4v) is 1.34. The second-order valence-corrected chi connectivity index (χ2v) is 3.41. The maximum absolute atomic E-state index is 5.49. The maximum Gasteiger partial charge on any atom is 0.253 e. The first-order chi connectivity index (χ1) is 8.28. The first-order valence-corrected chi connectivity index (χ1v) is 5.42. The molecule has 17 heavy (non-hydrogen) atoms. The van der Waals surface area contributed by atoms with Gasteiger partial charge >= 0.3 is 0 Å². The van der Waals surface area contributed by atoms with Crippen molar-refractivity contribution in [3.8, 4) is 11.5 Å². The Morgan fingerprint density at radius 2 is 1.71 bits per heavy atom. The number of aromatic nitrogens is 2. The predicted octanol–water partition coefficient (Wildman–Crippen LogP) is 2.36. The summed E-state index contributed by atoms with van der Waals surface area (Å²) in [4.78, 5) is 0. The van der Waals surface area contributed by atoms with Gasteiger partial charge < -0.3 is 13.9 Å². The molecule has 1 aromatic carbocycles. The predicted molar refractivity (Wildman–Crippen MR) is 61.0 cm³/mol. The molecular weight excluding hydrogens is 220 g/mol. The van der Waals surface area contributed by atoms with Crippen molar-refractivity contribution in [2.45, 2.75) is 20.5 Å². The van der Waals surface area contributed by atoms with Gasteiger partial charge in [0.05, 0.1) is 6.61 Å². The summed E-state index contributed by atoms with van der Waals surface area (Å²) in [6.07, 6.45) is 0. The van der Waals surface area contributed by atoms with Crippen LogP contribution in [0.1, 0.15) is 18.7 Å². The van der Waals surface area contributed by atoms with E-state index in [2.05, 4.69) is 10.2 Å².